The number of hydrogen-bond donors (Lipinski definition) is 1. The van der Waals surface area contributed by atoms with Gasteiger partial charge in [0.2, 0.25) is 0 Å². The maximum absolute atomic E-state index is 11.9. The largest absolute Gasteiger partial charge is 0.286 e. The number of hydrogen-bond acceptors (Lipinski definition) is 2. The van der Waals surface area contributed by atoms with Gasteiger partial charge in [-0.2, -0.15) is 0 Å². The molecule has 3 nitrogen and oxygen atoms in total. The van der Waals surface area contributed by atoms with Crippen LogP contribution in [-0.2, 0) is 24.2 Å². The lowest BCUT2D eigenvalue weighted by molar-refractivity contribution is -0.177. The number of fused-ring (bicyclic) bond motifs is 1. The highest BCUT2D eigenvalue weighted by Crippen LogP contribution is 2.23. The molecule has 0 spiro atoms. The lowest BCUT2D eigenvalue weighted by Crippen LogP contribution is -2.36. The molecule has 1 aliphatic rings. The highest BCUT2D eigenvalue weighted by atomic mass is 16.5. The zero-order valence-electron chi connectivity index (χ0n) is 12.1. The number of amides is 1. The summed E-state index contributed by atoms with van der Waals surface area (Å²) in [6, 6.07) is 6.29. The van der Waals surface area contributed by atoms with Crippen molar-refractivity contribution in [1.29, 1.82) is 0 Å². The number of aryl methyl sites for hydroxylation is 2. The predicted octanol–water partition coefficient (Wildman–Crippen LogP) is 3.33. The Balaban J connectivity index is 2.09. The summed E-state index contributed by atoms with van der Waals surface area (Å²) in [6.07, 6.45) is 4.77. The fourth-order valence-electron chi connectivity index (χ4n) is 2.52. The van der Waals surface area contributed by atoms with Gasteiger partial charge in [0.25, 0.3) is 5.91 Å². The second-order valence-electron chi connectivity index (χ2n) is 6.42. The molecule has 1 aromatic rings. The van der Waals surface area contributed by atoms with Gasteiger partial charge in [-0.05, 0) is 42.4 Å². The minimum atomic E-state index is -0.553. The number of carbonyl (C=O) groups excluding carboxylic acids is 1. The first-order valence-corrected chi connectivity index (χ1v) is 6.99. The molecule has 0 fully saturated rings. The summed E-state index contributed by atoms with van der Waals surface area (Å²) in [5, 5.41) is 10.7. The third-order valence-corrected chi connectivity index (χ3v) is 3.62. The molecule has 19 heavy (non-hydrogen) atoms. The van der Waals surface area contributed by atoms with Crippen molar-refractivity contribution in [3.05, 3.63) is 34.9 Å². The second kappa shape index (κ2) is 5.33. The van der Waals surface area contributed by atoms with E-state index >= 15 is 0 Å². The standard InChI is InChI=1S/C16H23NO2/c1-16(2,3)15(18)17(19)11-12-8-9-13-6-4-5-7-14(13)10-12/h8-10,19H,4-7,11H2,1-3H3. The summed E-state index contributed by atoms with van der Waals surface area (Å²) in [5.41, 5.74) is 3.24. The van der Waals surface area contributed by atoms with Crippen molar-refractivity contribution in [2.45, 2.75) is 53.0 Å². The first-order chi connectivity index (χ1) is 8.88. The van der Waals surface area contributed by atoms with E-state index in [1.807, 2.05) is 26.8 Å². The lowest BCUT2D eigenvalue weighted by atomic mass is 9.90. The van der Waals surface area contributed by atoms with Crippen molar-refractivity contribution < 1.29 is 10.0 Å². The topological polar surface area (TPSA) is 40.5 Å². The van der Waals surface area contributed by atoms with Crippen LogP contribution in [-0.4, -0.2) is 16.2 Å². The normalized spacial score (nSPS) is 14.9. The molecule has 0 heterocycles. The summed E-state index contributed by atoms with van der Waals surface area (Å²) in [5.74, 6) is -0.245. The molecule has 1 aliphatic carbocycles. The summed E-state index contributed by atoms with van der Waals surface area (Å²) < 4.78 is 0. The molecular weight excluding hydrogens is 238 g/mol. The van der Waals surface area contributed by atoms with E-state index < -0.39 is 5.41 Å². The second-order valence-corrected chi connectivity index (χ2v) is 6.42. The van der Waals surface area contributed by atoms with Crippen LogP contribution in [0.15, 0.2) is 18.2 Å². The van der Waals surface area contributed by atoms with Crippen LogP contribution in [0.4, 0.5) is 0 Å². The quantitative estimate of drug-likeness (QED) is 0.655. The maximum atomic E-state index is 11.9. The predicted molar refractivity (Wildman–Crippen MR) is 74.9 cm³/mol. The van der Waals surface area contributed by atoms with Crippen molar-refractivity contribution in [2.75, 3.05) is 0 Å². The lowest BCUT2D eigenvalue weighted by Gasteiger charge is -2.24. The van der Waals surface area contributed by atoms with Gasteiger partial charge in [0.1, 0.15) is 0 Å². The Labute approximate surface area is 115 Å². The highest BCUT2D eigenvalue weighted by Gasteiger charge is 2.26. The minimum Gasteiger partial charge on any atom is -0.286 e. The summed E-state index contributed by atoms with van der Waals surface area (Å²) in [6.45, 7) is 5.70. The monoisotopic (exact) mass is 261 g/mol. The fourth-order valence-corrected chi connectivity index (χ4v) is 2.52. The summed E-state index contributed by atoms with van der Waals surface area (Å²) in [7, 11) is 0. The van der Waals surface area contributed by atoms with E-state index in [4.69, 9.17) is 0 Å². The van der Waals surface area contributed by atoms with Crippen LogP contribution >= 0.6 is 0 Å². The molecule has 1 aromatic carbocycles. The molecule has 1 amide bonds. The van der Waals surface area contributed by atoms with E-state index in [0.29, 0.717) is 0 Å². The Morgan fingerprint density at radius 2 is 1.84 bits per heavy atom. The Kier molecular flexibility index (Phi) is 3.95. The van der Waals surface area contributed by atoms with Crippen LogP contribution in [0.5, 0.6) is 0 Å². The van der Waals surface area contributed by atoms with Gasteiger partial charge in [-0.15, -0.1) is 0 Å². The Hall–Kier alpha value is -1.35. The van der Waals surface area contributed by atoms with Gasteiger partial charge in [-0.1, -0.05) is 39.0 Å². The molecular formula is C16H23NO2. The van der Waals surface area contributed by atoms with E-state index in [-0.39, 0.29) is 12.5 Å². The van der Waals surface area contributed by atoms with Gasteiger partial charge >= 0.3 is 0 Å². The molecule has 1 N–H and O–H groups in total. The van der Waals surface area contributed by atoms with E-state index in [1.54, 1.807) is 0 Å². The maximum Gasteiger partial charge on any atom is 0.251 e. The van der Waals surface area contributed by atoms with E-state index in [2.05, 4.69) is 12.1 Å². The van der Waals surface area contributed by atoms with Crippen molar-refractivity contribution in [2.24, 2.45) is 5.41 Å². The van der Waals surface area contributed by atoms with Crippen LogP contribution in [0.25, 0.3) is 0 Å². The van der Waals surface area contributed by atoms with Crippen molar-refractivity contribution in [1.82, 2.24) is 5.06 Å². The average Bonchev–Trinajstić information content (AvgIpc) is 2.36. The van der Waals surface area contributed by atoms with Gasteiger partial charge < -0.3 is 0 Å². The van der Waals surface area contributed by atoms with Crippen LogP contribution in [0.1, 0.15) is 50.3 Å². The molecule has 0 aliphatic heterocycles. The average molecular weight is 261 g/mol. The minimum absolute atomic E-state index is 0.245. The number of nitrogens with zero attached hydrogens (tertiary/aromatic N) is 1. The summed E-state index contributed by atoms with van der Waals surface area (Å²) >= 11 is 0. The van der Waals surface area contributed by atoms with Crippen LogP contribution in [0.2, 0.25) is 0 Å². The Bertz CT molecular complexity index is 474. The van der Waals surface area contributed by atoms with Gasteiger partial charge in [0, 0.05) is 5.41 Å². The van der Waals surface area contributed by atoms with Crippen LogP contribution in [0, 0.1) is 5.41 Å². The number of rotatable bonds is 2. The zero-order chi connectivity index (χ0) is 14.0. The first-order valence-electron chi connectivity index (χ1n) is 6.99. The van der Waals surface area contributed by atoms with Crippen molar-refractivity contribution in [3.8, 4) is 0 Å². The molecule has 0 radical (unpaired) electrons. The van der Waals surface area contributed by atoms with Gasteiger partial charge in [-0.3, -0.25) is 10.0 Å². The van der Waals surface area contributed by atoms with E-state index in [1.165, 1.54) is 24.0 Å². The molecule has 104 valence electrons. The Morgan fingerprint density at radius 1 is 1.21 bits per heavy atom. The molecule has 2 rings (SSSR count). The molecule has 0 aromatic heterocycles. The number of benzene rings is 1. The third-order valence-electron chi connectivity index (χ3n) is 3.62. The molecule has 0 unspecified atom stereocenters. The van der Waals surface area contributed by atoms with Gasteiger partial charge in [0.15, 0.2) is 0 Å². The summed E-state index contributed by atoms with van der Waals surface area (Å²) in [4.78, 5) is 11.9. The molecule has 0 saturated carbocycles. The van der Waals surface area contributed by atoms with Gasteiger partial charge in [0.05, 0.1) is 6.54 Å². The molecule has 0 atom stereocenters. The molecule has 0 saturated heterocycles. The van der Waals surface area contributed by atoms with Crippen LogP contribution in [0.3, 0.4) is 0 Å². The van der Waals surface area contributed by atoms with E-state index in [9.17, 15) is 10.0 Å². The SMILES string of the molecule is CC(C)(C)C(=O)N(O)Cc1ccc2c(c1)CCCC2. The third kappa shape index (κ3) is 3.35. The zero-order valence-corrected chi connectivity index (χ0v) is 12.1. The highest BCUT2D eigenvalue weighted by molar-refractivity contribution is 5.80. The molecule has 3 heteroatoms. The molecule has 0 bridgehead atoms. The van der Waals surface area contributed by atoms with E-state index in [0.717, 1.165) is 23.5 Å². The number of carbonyl (C=O) groups is 1. The fraction of sp³-hybridized carbons (Fsp3) is 0.562. The van der Waals surface area contributed by atoms with Crippen molar-refractivity contribution in [3.63, 3.8) is 0 Å². The first kappa shape index (κ1) is 14.1. The Morgan fingerprint density at radius 3 is 2.47 bits per heavy atom. The van der Waals surface area contributed by atoms with Gasteiger partial charge in [-0.25, -0.2) is 5.06 Å². The number of hydroxylamine groups is 2. The van der Waals surface area contributed by atoms with Crippen LogP contribution < -0.4 is 0 Å². The van der Waals surface area contributed by atoms with Crippen molar-refractivity contribution >= 4 is 5.91 Å². The smallest absolute Gasteiger partial charge is 0.251 e.